The van der Waals surface area contributed by atoms with Gasteiger partial charge in [0, 0.05) is 76.7 Å². The Balaban J connectivity index is 1.26. The maximum Gasteiger partial charge on any atom is 0.181 e. The smallest absolute Gasteiger partial charge is 0.181 e. The number of hydrogen-bond donors (Lipinski definition) is 2. The standard InChI is InChI=1S/C29H26N8/c1-2-9-37(10-3-1)18-19-11-21(16-31-14-19)22-12-24-28(35-36-29(24)33-17-22)26-13-23-25(34-26)6-8-32-27(23)20-5-4-7-30-15-20/h4-8,11-17,34H,1-3,9-10,18H2,(H,33,35,36). The second kappa shape index (κ2) is 9.22. The highest BCUT2D eigenvalue weighted by Gasteiger charge is 2.16. The summed E-state index contributed by atoms with van der Waals surface area (Å²) in [6.45, 7) is 3.27. The maximum atomic E-state index is 4.65. The molecule has 6 aromatic heterocycles. The summed E-state index contributed by atoms with van der Waals surface area (Å²) in [6, 6.07) is 12.4. The van der Waals surface area contributed by atoms with Crippen molar-refractivity contribution in [2.45, 2.75) is 25.8 Å². The largest absolute Gasteiger partial charge is 0.353 e. The molecule has 0 amide bonds. The monoisotopic (exact) mass is 486 g/mol. The first-order valence-corrected chi connectivity index (χ1v) is 12.7. The van der Waals surface area contributed by atoms with Crippen molar-refractivity contribution in [2.75, 3.05) is 13.1 Å². The van der Waals surface area contributed by atoms with Crippen LogP contribution in [0.2, 0.25) is 0 Å². The summed E-state index contributed by atoms with van der Waals surface area (Å²) in [6.07, 6.45) is 15.1. The normalized spacial score (nSPS) is 14.5. The third-order valence-corrected chi connectivity index (χ3v) is 7.15. The number of H-pyrrole nitrogens is 2. The fourth-order valence-corrected chi connectivity index (χ4v) is 5.29. The zero-order valence-corrected chi connectivity index (χ0v) is 20.4. The molecule has 2 N–H and O–H groups in total. The number of hydrogen-bond acceptors (Lipinski definition) is 6. The van der Waals surface area contributed by atoms with E-state index in [4.69, 9.17) is 0 Å². The number of aromatic amines is 2. The van der Waals surface area contributed by atoms with Gasteiger partial charge in [-0.15, -0.1) is 0 Å². The van der Waals surface area contributed by atoms with Crippen molar-refractivity contribution >= 4 is 21.9 Å². The lowest BCUT2D eigenvalue weighted by Crippen LogP contribution is -2.29. The zero-order valence-electron chi connectivity index (χ0n) is 20.4. The molecule has 1 fully saturated rings. The van der Waals surface area contributed by atoms with Crippen LogP contribution in [0.25, 0.3) is 55.7 Å². The van der Waals surface area contributed by atoms with Crippen LogP contribution in [0.5, 0.6) is 0 Å². The summed E-state index contributed by atoms with van der Waals surface area (Å²) in [4.78, 5) is 24.1. The van der Waals surface area contributed by atoms with E-state index in [1.165, 1.54) is 37.9 Å². The molecule has 0 atom stereocenters. The minimum absolute atomic E-state index is 0.681. The molecule has 1 aliphatic heterocycles. The van der Waals surface area contributed by atoms with Gasteiger partial charge in [0.1, 0.15) is 0 Å². The van der Waals surface area contributed by atoms with Crippen molar-refractivity contribution in [1.82, 2.24) is 40.0 Å². The average Bonchev–Trinajstić information content (AvgIpc) is 3.58. The van der Waals surface area contributed by atoms with E-state index >= 15 is 0 Å². The second-order valence-electron chi connectivity index (χ2n) is 9.66. The molecule has 7 rings (SSSR count). The quantitative estimate of drug-likeness (QED) is 0.329. The van der Waals surface area contributed by atoms with Crippen LogP contribution >= 0.6 is 0 Å². The van der Waals surface area contributed by atoms with Crippen LogP contribution in [0.15, 0.2) is 73.6 Å². The second-order valence-corrected chi connectivity index (χ2v) is 9.66. The molecule has 0 saturated carbocycles. The van der Waals surface area contributed by atoms with E-state index in [-0.39, 0.29) is 0 Å². The number of aromatic nitrogens is 7. The van der Waals surface area contributed by atoms with Crippen LogP contribution in [0.1, 0.15) is 24.8 Å². The Morgan fingerprint density at radius 3 is 2.57 bits per heavy atom. The van der Waals surface area contributed by atoms with Gasteiger partial charge in [-0.25, -0.2) is 4.98 Å². The molecule has 0 unspecified atom stereocenters. The molecule has 0 aromatic carbocycles. The number of nitrogens with one attached hydrogen (secondary N) is 2. The highest BCUT2D eigenvalue weighted by atomic mass is 15.2. The number of rotatable bonds is 5. The number of nitrogens with zero attached hydrogens (tertiary/aromatic N) is 6. The topological polar surface area (TPSA) is 99.3 Å². The van der Waals surface area contributed by atoms with Crippen LogP contribution in [-0.2, 0) is 6.54 Å². The molecular weight excluding hydrogens is 460 g/mol. The van der Waals surface area contributed by atoms with Gasteiger partial charge >= 0.3 is 0 Å². The molecule has 7 heterocycles. The lowest BCUT2D eigenvalue weighted by atomic mass is 10.0. The van der Waals surface area contributed by atoms with Crippen LogP contribution < -0.4 is 0 Å². The summed E-state index contributed by atoms with van der Waals surface area (Å²) in [7, 11) is 0. The first-order valence-electron chi connectivity index (χ1n) is 12.7. The molecule has 182 valence electrons. The van der Waals surface area contributed by atoms with E-state index in [1.807, 2.05) is 49.2 Å². The molecule has 1 aliphatic rings. The van der Waals surface area contributed by atoms with Gasteiger partial charge in [-0.3, -0.25) is 25.0 Å². The third-order valence-electron chi connectivity index (χ3n) is 7.15. The van der Waals surface area contributed by atoms with E-state index < -0.39 is 0 Å². The van der Waals surface area contributed by atoms with Crippen molar-refractivity contribution < 1.29 is 0 Å². The Morgan fingerprint density at radius 2 is 1.68 bits per heavy atom. The predicted molar refractivity (Wildman–Crippen MR) is 145 cm³/mol. The molecule has 0 bridgehead atoms. The van der Waals surface area contributed by atoms with Gasteiger partial charge in [0.05, 0.1) is 17.1 Å². The first-order chi connectivity index (χ1) is 18.3. The van der Waals surface area contributed by atoms with Crippen LogP contribution in [0.4, 0.5) is 0 Å². The molecule has 0 aliphatic carbocycles. The highest BCUT2D eigenvalue weighted by molar-refractivity contribution is 5.99. The summed E-state index contributed by atoms with van der Waals surface area (Å²) < 4.78 is 0. The van der Waals surface area contributed by atoms with Crippen LogP contribution in [0.3, 0.4) is 0 Å². The van der Waals surface area contributed by atoms with Gasteiger partial charge in [-0.1, -0.05) is 6.42 Å². The Hall–Kier alpha value is -4.43. The Bertz CT molecular complexity index is 1700. The van der Waals surface area contributed by atoms with Gasteiger partial charge in [-0.2, -0.15) is 5.10 Å². The summed E-state index contributed by atoms with van der Waals surface area (Å²) in [5.41, 5.74) is 8.72. The number of likely N-dealkylation sites (tertiary alicyclic amines) is 1. The molecule has 8 nitrogen and oxygen atoms in total. The lowest BCUT2D eigenvalue weighted by Gasteiger charge is -2.26. The SMILES string of the molecule is c1cncc(-c2nccc3[nH]c(-c4[nH]nc5ncc(-c6cncc(CN7CCCCC7)c6)cc45)cc23)c1. The van der Waals surface area contributed by atoms with Gasteiger partial charge in [0.15, 0.2) is 5.65 Å². The molecule has 1 saturated heterocycles. The number of pyridine rings is 4. The van der Waals surface area contributed by atoms with Gasteiger partial charge in [-0.05, 0) is 67.9 Å². The van der Waals surface area contributed by atoms with Crippen molar-refractivity contribution in [1.29, 1.82) is 0 Å². The zero-order chi connectivity index (χ0) is 24.6. The Kier molecular flexibility index (Phi) is 5.44. The van der Waals surface area contributed by atoms with E-state index in [9.17, 15) is 0 Å². The van der Waals surface area contributed by atoms with Crippen molar-refractivity contribution in [3.63, 3.8) is 0 Å². The fraction of sp³-hybridized carbons (Fsp3) is 0.207. The summed E-state index contributed by atoms with van der Waals surface area (Å²) in [5.74, 6) is 0. The summed E-state index contributed by atoms with van der Waals surface area (Å²) >= 11 is 0. The molecule has 37 heavy (non-hydrogen) atoms. The molecule has 8 heteroatoms. The van der Waals surface area contributed by atoms with E-state index in [0.717, 1.165) is 56.6 Å². The Labute approximate surface area is 213 Å². The van der Waals surface area contributed by atoms with Crippen molar-refractivity contribution in [3.8, 4) is 33.8 Å². The Morgan fingerprint density at radius 1 is 0.784 bits per heavy atom. The molecular formula is C29H26N8. The fourth-order valence-electron chi connectivity index (χ4n) is 5.29. The third kappa shape index (κ3) is 4.15. The molecule has 6 aromatic rings. The molecule has 0 radical (unpaired) electrons. The lowest BCUT2D eigenvalue weighted by molar-refractivity contribution is 0.220. The van der Waals surface area contributed by atoms with Crippen molar-refractivity contribution in [2.24, 2.45) is 0 Å². The maximum absolute atomic E-state index is 4.65. The van der Waals surface area contributed by atoms with Gasteiger partial charge < -0.3 is 4.98 Å². The van der Waals surface area contributed by atoms with E-state index in [2.05, 4.69) is 58.2 Å². The minimum Gasteiger partial charge on any atom is -0.353 e. The van der Waals surface area contributed by atoms with Gasteiger partial charge in [0.25, 0.3) is 0 Å². The minimum atomic E-state index is 0.681. The van der Waals surface area contributed by atoms with E-state index in [0.29, 0.717) is 5.65 Å². The van der Waals surface area contributed by atoms with Crippen molar-refractivity contribution in [3.05, 3.63) is 79.1 Å². The molecule has 0 spiro atoms. The average molecular weight is 487 g/mol. The number of fused-ring (bicyclic) bond motifs is 2. The van der Waals surface area contributed by atoms with E-state index in [1.54, 1.807) is 6.20 Å². The first kappa shape index (κ1) is 21.8. The van der Waals surface area contributed by atoms with Crippen LogP contribution in [0, 0.1) is 0 Å². The van der Waals surface area contributed by atoms with Gasteiger partial charge in [0.2, 0.25) is 0 Å². The number of piperidine rings is 1. The van der Waals surface area contributed by atoms with Crippen LogP contribution in [-0.4, -0.2) is 53.1 Å². The highest BCUT2D eigenvalue weighted by Crippen LogP contribution is 2.33. The summed E-state index contributed by atoms with van der Waals surface area (Å²) in [5, 5.41) is 9.66. The predicted octanol–water partition coefficient (Wildman–Crippen LogP) is 5.61.